The normalized spacial score (nSPS) is 43.6. The third kappa shape index (κ3) is 3.58. The van der Waals surface area contributed by atoms with E-state index in [-0.39, 0.29) is 5.41 Å². The minimum absolute atomic E-state index is 0.215. The van der Waals surface area contributed by atoms with Crippen molar-refractivity contribution in [2.45, 2.75) is 106 Å². The van der Waals surface area contributed by atoms with Gasteiger partial charge >= 0.3 is 0 Å². The summed E-state index contributed by atoms with van der Waals surface area (Å²) in [5.74, 6) is 5.19. The lowest BCUT2D eigenvalue weighted by atomic mass is 9.46. The number of rotatable bonds is 4. The monoisotopic (exact) mass is 415 g/mol. The Balaban J connectivity index is 0.00000124. The fourth-order valence-electron chi connectivity index (χ4n) is 8.59. The number of likely N-dealkylation sites (tertiary alicyclic amines) is 1. The van der Waals surface area contributed by atoms with Crippen LogP contribution in [0.3, 0.4) is 0 Å². The van der Waals surface area contributed by atoms with Crippen LogP contribution in [0.15, 0.2) is 11.8 Å². The zero-order chi connectivity index (χ0) is 22.3. The molecule has 1 heterocycles. The molecular weight excluding hydrogens is 366 g/mol. The Kier molecular flexibility index (Phi) is 7.15. The van der Waals surface area contributed by atoms with Gasteiger partial charge in [-0.25, -0.2) is 0 Å². The highest BCUT2D eigenvalue weighted by Gasteiger charge is 2.61. The molecule has 4 aliphatic rings. The Morgan fingerprint density at radius 2 is 1.83 bits per heavy atom. The highest BCUT2D eigenvalue weighted by Crippen LogP contribution is 2.68. The molecule has 2 heteroatoms. The Hall–Kier alpha value is -0.790. The minimum atomic E-state index is 0.215. The summed E-state index contributed by atoms with van der Waals surface area (Å²) in [6.45, 7) is 16.5. The highest BCUT2D eigenvalue weighted by molar-refractivity contribution is 5.79. The van der Waals surface area contributed by atoms with Crippen molar-refractivity contribution in [1.29, 1.82) is 0 Å². The molecule has 1 amide bonds. The number of carbonyl (C=O) groups excluding carboxylic acids is 1. The van der Waals surface area contributed by atoms with Gasteiger partial charge in [0.1, 0.15) is 0 Å². The molecule has 0 aromatic heterocycles. The van der Waals surface area contributed by atoms with Gasteiger partial charge in [0.15, 0.2) is 0 Å². The van der Waals surface area contributed by atoms with E-state index < -0.39 is 0 Å². The molecule has 3 aliphatic carbocycles. The van der Waals surface area contributed by atoms with Gasteiger partial charge in [0.25, 0.3) is 0 Å². The number of nitrogens with zero attached hydrogens (tertiary/aromatic N) is 1. The number of hydrogen-bond acceptors (Lipinski definition) is 1. The van der Waals surface area contributed by atoms with Crippen molar-refractivity contribution >= 4 is 5.91 Å². The molecule has 3 fully saturated rings. The lowest BCUT2D eigenvalue weighted by Gasteiger charge is -2.60. The summed E-state index contributed by atoms with van der Waals surface area (Å²) in [4.78, 5) is 14.4. The molecule has 1 saturated heterocycles. The van der Waals surface area contributed by atoms with E-state index in [1.54, 1.807) is 0 Å². The summed E-state index contributed by atoms with van der Waals surface area (Å²) < 4.78 is 0. The maximum Gasteiger partial charge on any atom is 0.226 e. The van der Waals surface area contributed by atoms with Crippen LogP contribution in [-0.4, -0.2) is 17.9 Å². The van der Waals surface area contributed by atoms with Gasteiger partial charge in [-0.3, -0.25) is 4.79 Å². The summed E-state index contributed by atoms with van der Waals surface area (Å²) in [7, 11) is 2.02. The van der Waals surface area contributed by atoms with E-state index in [1.165, 1.54) is 50.6 Å². The van der Waals surface area contributed by atoms with Crippen LogP contribution in [0.25, 0.3) is 0 Å². The fourth-order valence-corrected chi connectivity index (χ4v) is 8.59. The molecule has 1 aliphatic heterocycles. The molecule has 4 rings (SSSR count). The Morgan fingerprint density at radius 1 is 1.13 bits per heavy atom. The third-order valence-electron chi connectivity index (χ3n) is 10.1. The van der Waals surface area contributed by atoms with Gasteiger partial charge in [-0.1, -0.05) is 73.8 Å². The van der Waals surface area contributed by atoms with Gasteiger partial charge in [-0.05, 0) is 73.0 Å². The van der Waals surface area contributed by atoms with Crippen molar-refractivity contribution in [3.05, 3.63) is 11.8 Å². The minimum Gasteiger partial charge on any atom is -0.319 e. The first-order chi connectivity index (χ1) is 14.2. The number of carbonyl (C=O) groups is 1. The van der Waals surface area contributed by atoms with E-state index in [0.29, 0.717) is 17.2 Å². The molecule has 172 valence electrons. The van der Waals surface area contributed by atoms with Crippen LogP contribution in [0, 0.1) is 46.3 Å². The van der Waals surface area contributed by atoms with E-state index in [9.17, 15) is 4.79 Å². The quantitative estimate of drug-likeness (QED) is 0.461. The van der Waals surface area contributed by atoms with Crippen LogP contribution in [0.2, 0.25) is 0 Å². The predicted octanol–water partition coefficient (Wildman–Crippen LogP) is 7.69. The third-order valence-corrected chi connectivity index (χ3v) is 10.1. The first-order valence-electron chi connectivity index (χ1n) is 13.2. The van der Waals surface area contributed by atoms with E-state index in [0.717, 1.165) is 42.4 Å². The molecule has 0 aromatic carbocycles. The number of amides is 1. The van der Waals surface area contributed by atoms with Crippen LogP contribution in [0.4, 0.5) is 0 Å². The Labute approximate surface area is 187 Å². The van der Waals surface area contributed by atoms with Crippen molar-refractivity contribution < 1.29 is 4.79 Å². The Morgan fingerprint density at radius 3 is 2.50 bits per heavy atom. The van der Waals surface area contributed by atoms with Crippen molar-refractivity contribution in [1.82, 2.24) is 4.90 Å². The molecule has 0 aromatic rings. The van der Waals surface area contributed by atoms with Crippen molar-refractivity contribution in [3.8, 4) is 0 Å². The first kappa shape index (κ1) is 23.9. The summed E-state index contributed by atoms with van der Waals surface area (Å²) in [6, 6.07) is 0. The fraction of sp³-hybridized carbons (Fsp3) is 0.893. The molecule has 2 nitrogen and oxygen atoms in total. The molecular formula is C28H49NO. The van der Waals surface area contributed by atoms with Gasteiger partial charge in [0, 0.05) is 24.6 Å². The SMILES string of the molecule is CC.CCCCC(C)C1CCC2C3C(CC[C@]12C)[C@@]1(C)CCC(=O)N(C)C1=C[C@@H]3C. The second-order valence-corrected chi connectivity index (χ2v) is 11.4. The zero-order valence-corrected chi connectivity index (χ0v) is 21.3. The number of fused-ring (bicyclic) bond motifs is 5. The predicted molar refractivity (Wildman–Crippen MR) is 128 cm³/mol. The maximum atomic E-state index is 12.4. The van der Waals surface area contributed by atoms with Crippen LogP contribution in [0.5, 0.6) is 0 Å². The van der Waals surface area contributed by atoms with Crippen molar-refractivity contribution in [2.24, 2.45) is 46.3 Å². The average molecular weight is 416 g/mol. The molecule has 0 bridgehead atoms. The van der Waals surface area contributed by atoms with E-state index in [4.69, 9.17) is 0 Å². The van der Waals surface area contributed by atoms with Crippen LogP contribution >= 0.6 is 0 Å². The first-order valence-corrected chi connectivity index (χ1v) is 13.2. The highest BCUT2D eigenvalue weighted by atomic mass is 16.2. The second-order valence-electron chi connectivity index (χ2n) is 11.4. The summed E-state index contributed by atoms with van der Waals surface area (Å²) in [5, 5.41) is 0. The van der Waals surface area contributed by atoms with Crippen LogP contribution < -0.4 is 0 Å². The summed E-state index contributed by atoms with van der Waals surface area (Å²) in [5.41, 5.74) is 2.11. The van der Waals surface area contributed by atoms with Gasteiger partial charge < -0.3 is 4.90 Å². The number of allylic oxidation sites excluding steroid dienone is 2. The topological polar surface area (TPSA) is 20.3 Å². The average Bonchev–Trinajstić information content (AvgIpc) is 3.09. The molecule has 0 radical (unpaired) electrons. The second kappa shape index (κ2) is 8.99. The molecule has 8 atom stereocenters. The smallest absolute Gasteiger partial charge is 0.226 e. The van der Waals surface area contributed by atoms with E-state index in [2.05, 4.69) is 40.7 Å². The van der Waals surface area contributed by atoms with Crippen LogP contribution in [-0.2, 0) is 4.79 Å². The van der Waals surface area contributed by atoms with E-state index >= 15 is 0 Å². The number of piperidine rings is 1. The molecule has 0 spiro atoms. The van der Waals surface area contributed by atoms with Crippen molar-refractivity contribution in [3.63, 3.8) is 0 Å². The van der Waals surface area contributed by atoms with Gasteiger partial charge in [-0.15, -0.1) is 0 Å². The number of hydrogen-bond donors (Lipinski definition) is 0. The van der Waals surface area contributed by atoms with Gasteiger partial charge in [-0.2, -0.15) is 0 Å². The van der Waals surface area contributed by atoms with Crippen LogP contribution in [0.1, 0.15) is 106 Å². The lowest BCUT2D eigenvalue weighted by molar-refractivity contribution is -0.137. The zero-order valence-electron chi connectivity index (χ0n) is 21.3. The number of unbranched alkanes of at least 4 members (excludes halogenated alkanes) is 1. The molecule has 5 unspecified atom stereocenters. The molecule has 2 saturated carbocycles. The summed E-state index contributed by atoms with van der Waals surface area (Å²) >= 11 is 0. The molecule has 30 heavy (non-hydrogen) atoms. The van der Waals surface area contributed by atoms with Gasteiger partial charge in [0.05, 0.1) is 0 Å². The standard InChI is InChI=1S/C26H43NO.C2H6/c1-7-8-9-17(2)19-10-11-20-24-18(3)16-22-26(5,15-13-23(28)27(22)6)21(24)12-14-25(19,20)4;1-2/h16-21,24H,7-15H2,1-6H3;1-2H3/t17?,18-,19?,20?,21?,24?,25+,26+;/m0./s1. The van der Waals surface area contributed by atoms with Gasteiger partial charge in [0.2, 0.25) is 5.91 Å². The lowest BCUT2D eigenvalue weighted by Crippen LogP contribution is -2.55. The maximum absolute atomic E-state index is 12.4. The Bertz CT molecular complexity index is 653. The molecule has 0 N–H and O–H groups in total. The van der Waals surface area contributed by atoms with Crippen molar-refractivity contribution in [2.75, 3.05) is 7.05 Å². The largest absolute Gasteiger partial charge is 0.319 e. The summed E-state index contributed by atoms with van der Waals surface area (Å²) in [6.07, 6.45) is 14.1. The van der Waals surface area contributed by atoms with E-state index in [1.807, 2.05) is 25.8 Å².